The largest absolute Gasteiger partial charge is 0.336 e. The van der Waals surface area contributed by atoms with E-state index < -0.39 is 0 Å². The molecule has 3 nitrogen and oxygen atoms in total. The normalized spacial score (nSPS) is 18.9. The lowest BCUT2D eigenvalue weighted by Gasteiger charge is -2.32. The molecule has 0 bridgehead atoms. The summed E-state index contributed by atoms with van der Waals surface area (Å²) in [5.74, 6) is 0.976. The zero-order chi connectivity index (χ0) is 22.7. The summed E-state index contributed by atoms with van der Waals surface area (Å²) < 4.78 is 0. The quantitative estimate of drug-likeness (QED) is 0.436. The summed E-state index contributed by atoms with van der Waals surface area (Å²) >= 11 is 1.85. The molecule has 2 atom stereocenters. The molecule has 1 fully saturated rings. The predicted molar refractivity (Wildman–Crippen MR) is 134 cm³/mol. The zero-order valence-electron chi connectivity index (χ0n) is 19.6. The molecule has 4 heteroatoms. The Labute approximate surface area is 196 Å². The number of thiophene rings is 1. The second-order valence-electron chi connectivity index (χ2n) is 9.42. The maximum Gasteiger partial charge on any atom is 0.254 e. The van der Waals surface area contributed by atoms with Gasteiger partial charge in [-0.05, 0) is 68.3 Å². The molecule has 168 valence electrons. The smallest absolute Gasteiger partial charge is 0.254 e. The molecule has 1 saturated heterocycles. The van der Waals surface area contributed by atoms with Gasteiger partial charge in [0.2, 0.25) is 0 Å². The summed E-state index contributed by atoms with van der Waals surface area (Å²) in [5.41, 5.74) is 4.84. The van der Waals surface area contributed by atoms with Crippen molar-refractivity contribution in [1.82, 2.24) is 9.80 Å². The highest BCUT2D eigenvalue weighted by atomic mass is 32.1. The van der Waals surface area contributed by atoms with E-state index in [1.165, 1.54) is 21.6 Å². The van der Waals surface area contributed by atoms with Gasteiger partial charge in [0.25, 0.3) is 5.91 Å². The standard InChI is InChI=1S/C28H34N2OS/c1-20(2)30(28(31)24-8-6-5-7-9-24)17-25-16-29(19-27-22(4)14-15-32-27)18-26(25)23-12-10-21(3)11-13-23/h5-15,20,25-26H,16-19H2,1-4H3. The first-order chi connectivity index (χ1) is 15.4. The number of aryl methyl sites for hydroxylation is 2. The third-order valence-corrected chi connectivity index (χ3v) is 7.70. The molecule has 1 aliphatic heterocycles. The van der Waals surface area contributed by atoms with Crippen LogP contribution >= 0.6 is 11.3 Å². The Balaban J connectivity index is 1.58. The lowest BCUT2D eigenvalue weighted by molar-refractivity contribution is 0.0668. The molecule has 32 heavy (non-hydrogen) atoms. The fourth-order valence-electron chi connectivity index (χ4n) is 4.76. The Morgan fingerprint density at radius 3 is 2.38 bits per heavy atom. The van der Waals surface area contributed by atoms with E-state index in [1.54, 1.807) is 0 Å². The Bertz CT molecular complexity index is 1030. The predicted octanol–water partition coefficient (Wildman–Crippen LogP) is 6.13. The van der Waals surface area contributed by atoms with E-state index in [-0.39, 0.29) is 11.9 Å². The maximum atomic E-state index is 13.4. The van der Waals surface area contributed by atoms with Crippen LogP contribution in [0.3, 0.4) is 0 Å². The van der Waals surface area contributed by atoms with Crippen LogP contribution in [0, 0.1) is 19.8 Å². The van der Waals surface area contributed by atoms with Gasteiger partial charge >= 0.3 is 0 Å². The van der Waals surface area contributed by atoms with Crippen LogP contribution in [-0.2, 0) is 6.54 Å². The van der Waals surface area contributed by atoms with Crippen molar-refractivity contribution >= 4 is 17.2 Å². The minimum atomic E-state index is 0.135. The molecular weight excluding hydrogens is 412 g/mol. The van der Waals surface area contributed by atoms with Gasteiger partial charge in [-0.3, -0.25) is 9.69 Å². The number of carbonyl (C=O) groups is 1. The van der Waals surface area contributed by atoms with Crippen LogP contribution in [-0.4, -0.2) is 41.4 Å². The first kappa shape index (κ1) is 22.8. The van der Waals surface area contributed by atoms with Crippen LogP contribution in [0.2, 0.25) is 0 Å². The minimum Gasteiger partial charge on any atom is -0.336 e. The van der Waals surface area contributed by atoms with Crippen LogP contribution in [0.25, 0.3) is 0 Å². The maximum absolute atomic E-state index is 13.4. The molecule has 2 unspecified atom stereocenters. The second-order valence-corrected chi connectivity index (χ2v) is 10.4. The van der Waals surface area contributed by atoms with Crippen molar-refractivity contribution in [2.45, 2.75) is 46.2 Å². The molecule has 0 N–H and O–H groups in total. The second kappa shape index (κ2) is 10.0. The molecule has 0 aliphatic carbocycles. The Morgan fingerprint density at radius 2 is 1.75 bits per heavy atom. The fourth-order valence-corrected chi connectivity index (χ4v) is 5.71. The Hall–Kier alpha value is -2.43. The molecule has 0 saturated carbocycles. The summed E-state index contributed by atoms with van der Waals surface area (Å²) in [4.78, 5) is 19.5. The highest BCUT2D eigenvalue weighted by molar-refractivity contribution is 7.10. The van der Waals surface area contributed by atoms with Crippen LogP contribution in [0.1, 0.15) is 51.7 Å². The number of carbonyl (C=O) groups excluding carboxylic acids is 1. The van der Waals surface area contributed by atoms with E-state index in [9.17, 15) is 4.79 Å². The SMILES string of the molecule is Cc1ccc(C2CN(Cc3sccc3C)CC2CN(C(=O)c2ccccc2)C(C)C)cc1. The fraction of sp³-hybridized carbons (Fsp3) is 0.393. The van der Waals surface area contributed by atoms with Gasteiger partial charge in [-0.25, -0.2) is 0 Å². The van der Waals surface area contributed by atoms with Gasteiger partial charge in [0, 0.05) is 48.6 Å². The van der Waals surface area contributed by atoms with Gasteiger partial charge in [-0.1, -0.05) is 48.0 Å². The molecule has 3 aromatic rings. The van der Waals surface area contributed by atoms with E-state index in [2.05, 4.69) is 73.2 Å². The number of rotatable bonds is 7. The summed E-state index contributed by atoms with van der Waals surface area (Å²) in [6.45, 7) is 12.4. The van der Waals surface area contributed by atoms with Crippen molar-refractivity contribution in [3.05, 3.63) is 93.2 Å². The molecule has 4 rings (SSSR count). The van der Waals surface area contributed by atoms with Crippen molar-refractivity contribution in [3.63, 3.8) is 0 Å². The summed E-state index contributed by atoms with van der Waals surface area (Å²) in [5, 5.41) is 2.19. The van der Waals surface area contributed by atoms with Gasteiger partial charge in [0.15, 0.2) is 0 Å². The molecule has 1 aliphatic rings. The molecule has 0 spiro atoms. The average molecular weight is 447 g/mol. The monoisotopic (exact) mass is 446 g/mol. The minimum absolute atomic E-state index is 0.135. The third-order valence-electron chi connectivity index (χ3n) is 6.69. The molecule has 1 aromatic heterocycles. The van der Waals surface area contributed by atoms with Crippen LogP contribution in [0.4, 0.5) is 0 Å². The molecule has 2 aromatic carbocycles. The first-order valence-corrected chi connectivity index (χ1v) is 12.5. The van der Waals surface area contributed by atoms with Gasteiger partial charge in [0.1, 0.15) is 0 Å². The van der Waals surface area contributed by atoms with Crippen molar-refractivity contribution in [2.75, 3.05) is 19.6 Å². The number of hydrogen-bond acceptors (Lipinski definition) is 3. The van der Waals surface area contributed by atoms with Gasteiger partial charge < -0.3 is 4.90 Å². The van der Waals surface area contributed by atoms with E-state index in [0.29, 0.717) is 11.8 Å². The number of hydrogen-bond donors (Lipinski definition) is 0. The zero-order valence-corrected chi connectivity index (χ0v) is 20.4. The molecule has 1 amide bonds. The third kappa shape index (κ3) is 5.13. The molecular formula is C28H34N2OS. The van der Waals surface area contributed by atoms with Crippen molar-refractivity contribution < 1.29 is 4.79 Å². The van der Waals surface area contributed by atoms with E-state index in [1.807, 2.05) is 41.7 Å². The van der Waals surface area contributed by atoms with E-state index in [4.69, 9.17) is 0 Å². The topological polar surface area (TPSA) is 23.6 Å². The van der Waals surface area contributed by atoms with Gasteiger partial charge in [-0.15, -0.1) is 11.3 Å². The van der Waals surface area contributed by atoms with E-state index in [0.717, 1.165) is 31.7 Å². The van der Waals surface area contributed by atoms with E-state index >= 15 is 0 Å². The summed E-state index contributed by atoms with van der Waals surface area (Å²) in [6.07, 6.45) is 0. The van der Waals surface area contributed by atoms with Gasteiger partial charge in [0.05, 0.1) is 0 Å². The van der Waals surface area contributed by atoms with Crippen LogP contribution < -0.4 is 0 Å². The molecule has 2 heterocycles. The number of amides is 1. The number of nitrogens with zero attached hydrogens (tertiary/aromatic N) is 2. The van der Waals surface area contributed by atoms with Crippen molar-refractivity contribution in [1.29, 1.82) is 0 Å². The lowest BCUT2D eigenvalue weighted by Crippen LogP contribution is -2.42. The van der Waals surface area contributed by atoms with Crippen molar-refractivity contribution in [3.8, 4) is 0 Å². The van der Waals surface area contributed by atoms with Crippen LogP contribution in [0.5, 0.6) is 0 Å². The highest BCUT2D eigenvalue weighted by Gasteiger charge is 2.36. The summed E-state index contributed by atoms with van der Waals surface area (Å²) in [6, 6.07) is 21.1. The molecule has 0 radical (unpaired) electrons. The Kier molecular flexibility index (Phi) is 7.12. The number of benzene rings is 2. The first-order valence-electron chi connectivity index (χ1n) is 11.6. The average Bonchev–Trinajstić information content (AvgIpc) is 3.38. The highest BCUT2D eigenvalue weighted by Crippen LogP contribution is 2.35. The van der Waals surface area contributed by atoms with Crippen LogP contribution in [0.15, 0.2) is 66.0 Å². The lowest BCUT2D eigenvalue weighted by atomic mass is 9.88. The Morgan fingerprint density at radius 1 is 1.03 bits per heavy atom. The number of likely N-dealkylation sites (tertiary alicyclic amines) is 1. The van der Waals surface area contributed by atoms with Crippen molar-refractivity contribution in [2.24, 2.45) is 5.92 Å². The van der Waals surface area contributed by atoms with Gasteiger partial charge in [-0.2, -0.15) is 0 Å². The summed E-state index contributed by atoms with van der Waals surface area (Å²) in [7, 11) is 0.